The van der Waals surface area contributed by atoms with E-state index in [4.69, 9.17) is 0 Å². The third-order valence-electron chi connectivity index (χ3n) is 3.95. The number of thioether (sulfide) groups is 1. The van der Waals surface area contributed by atoms with Crippen LogP contribution < -0.4 is 10.6 Å². The first-order chi connectivity index (χ1) is 11.7. The maximum atomic E-state index is 12.1. The Balaban J connectivity index is 1.49. The lowest BCUT2D eigenvalue weighted by molar-refractivity contribution is -0.126. The van der Waals surface area contributed by atoms with Crippen molar-refractivity contribution >= 4 is 23.6 Å². The third kappa shape index (κ3) is 4.38. The Morgan fingerprint density at radius 3 is 2.58 bits per heavy atom. The number of benzene rings is 2. The molecule has 1 aliphatic rings. The summed E-state index contributed by atoms with van der Waals surface area (Å²) in [5.74, 6) is 0.696. The highest BCUT2D eigenvalue weighted by molar-refractivity contribution is 7.99. The summed E-state index contributed by atoms with van der Waals surface area (Å²) in [4.78, 5) is 25.3. The van der Waals surface area contributed by atoms with Crippen LogP contribution >= 0.6 is 11.8 Å². The Kier molecular flexibility index (Phi) is 5.54. The van der Waals surface area contributed by atoms with E-state index in [1.165, 1.54) is 4.90 Å². The lowest BCUT2D eigenvalue weighted by Gasteiger charge is -2.25. The first-order valence-electron chi connectivity index (χ1n) is 8.04. The molecule has 124 valence electrons. The van der Waals surface area contributed by atoms with Crippen molar-refractivity contribution in [3.05, 3.63) is 65.7 Å². The summed E-state index contributed by atoms with van der Waals surface area (Å²) in [6.45, 7) is 0.0114. The summed E-state index contributed by atoms with van der Waals surface area (Å²) in [5.41, 5.74) is 2.10. The van der Waals surface area contributed by atoms with Crippen LogP contribution in [0.15, 0.2) is 59.5 Å². The monoisotopic (exact) mass is 340 g/mol. The second kappa shape index (κ2) is 8.02. The highest BCUT2D eigenvalue weighted by atomic mass is 32.2. The van der Waals surface area contributed by atoms with Crippen LogP contribution in [0.3, 0.4) is 0 Å². The molecule has 0 saturated heterocycles. The summed E-state index contributed by atoms with van der Waals surface area (Å²) in [7, 11) is 0. The molecule has 2 N–H and O–H groups in total. The molecular formula is C19H20N2O2S. The van der Waals surface area contributed by atoms with Gasteiger partial charge in [0.2, 0.25) is 11.8 Å². The van der Waals surface area contributed by atoms with Crippen molar-refractivity contribution in [2.24, 2.45) is 0 Å². The highest BCUT2D eigenvalue weighted by Crippen LogP contribution is 2.35. The number of carbonyl (C=O) groups is 2. The minimum absolute atomic E-state index is 0.0114. The molecule has 0 aliphatic carbocycles. The van der Waals surface area contributed by atoms with E-state index in [0.29, 0.717) is 0 Å². The van der Waals surface area contributed by atoms with E-state index in [0.717, 1.165) is 23.3 Å². The van der Waals surface area contributed by atoms with E-state index < -0.39 is 0 Å². The molecule has 24 heavy (non-hydrogen) atoms. The Morgan fingerprint density at radius 2 is 1.75 bits per heavy atom. The van der Waals surface area contributed by atoms with Crippen LogP contribution in [0.1, 0.15) is 23.6 Å². The molecule has 2 aromatic rings. The fourth-order valence-electron chi connectivity index (χ4n) is 2.76. The van der Waals surface area contributed by atoms with Crippen molar-refractivity contribution in [3.63, 3.8) is 0 Å². The second-order valence-electron chi connectivity index (χ2n) is 5.73. The molecule has 4 nitrogen and oxygen atoms in total. The molecule has 3 rings (SSSR count). The number of hydrogen-bond acceptors (Lipinski definition) is 3. The zero-order valence-corrected chi connectivity index (χ0v) is 14.1. The largest absolute Gasteiger partial charge is 0.348 e. The molecule has 1 atom stereocenters. The molecule has 0 unspecified atom stereocenters. The minimum atomic E-state index is -0.150. The molecule has 2 amide bonds. The van der Waals surface area contributed by atoms with Crippen LogP contribution in [0, 0.1) is 0 Å². The van der Waals surface area contributed by atoms with Gasteiger partial charge in [-0.2, -0.15) is 0 Å². The molecular weight excluding hydrogens is 320 g/mol. The number of fused-ring (bicyclic) bond motifs is 1. The van der Waals surface area contributed by atoms with Gasteiger partial charge < -0.3 is 10.6 Å². The Morgan fingerprint density at radius 1 is 1.00 bits per heavy atom. The summed E-state index contributed by atoms with van der Waals surface area (Å²) in [5, 5.41) is 5.72. The summed E-state index contributed by atoms with van der Waals surface area (Å²) in [6.07, 6.45) is 1.20. The smallest absolute Gasteiger partial charge is 0.239 e. The van der Waals surface area contributed by atoms with E-state index in [9.17, 15) is 9.59 Å². The topological polar surface area (TPSA) is 58.2 Å². The predicted molar refractivity (Wildman–Crippen MR) is 95.8 cm³/mol. The Labute approximate surface area is 146 Å². The van der Waals surface area contributed by atoms with Gasteiger partial charge in [0.25, 0.3) is 0 Å². The average Bonchev–Trinajstić information content (AvgIpc) is 2.61. The van der Waals surface area contributed by atoms with E-state index in [-0.39, 0.29) is 30.8 Å². The number of carbonyl (C=O) groups excluding carboxylic acids is 2. The van der Waals surface area contributed by atoms with Crippen molar-refractivity contribution in [2.45, 2.75) is 23.8 Å². The van der Waals surface area contributed by atoms with Crippen LogP contribution in [0.2, 0.25) is 0 Å². The Bertz CT molecular complexity index is 718. The van der Waals surface area contributed by atoms with Gasteiger partial charge in [0.05, 0.1) is 19.0 Å². The van der Waals surface area contributed by atoms with Gasteiger partial charge in [-0.05, 0) is 23.6 Å². The molecule has 0 aromatic heterocycles. The van der Waals surface area contributed by atoms with E-state index in [2.05, 4.69) is 22.8 Å². The van der Waals surface area contributed by atoms with Crippen molar-refractivity contribution in [1.82, 2.24) is 10.6 Å². The summed E-state index contributed by atoms with van der Waals surface area (Å²) < 4.78 is 0. The normalized spacial score (nSPS) is 16.1. The molecule has 0 saturated carbocycles. The number of rotatable bonds is 5. The molecule has 0 fully saturated rings. The van der Waals surface area contributed by atoms with Gasteiger partial charge in [-0.25, -0.2) is 0 Å². The zero-order chi connectivity index (χ0) is 16.8. The van der Waals surface area contributed by atoms with Gasteiger partial charge >= 0.3 is 0 Å². The Hall–Kier alpha value is -2.27. The van der Waals surface area contributed by atoms with Crippen molar-refractivity contribution in [2.75, 3.05) is 12.3 Å². The standard InChI is InChI=1S/C19H20N2O2S/c22-18(12-14-6-2-1-3-7-14)20-13-19(23)21-16-10-11-24-17-9-5-4-8-15(16)17/h1-9,16H,10-13H2,(H,20,22)(H,21,23)/t16-/m0/s1. The van der Waals surface area contributed by atoms with E-state index in [1.807, 2.05) is 54.2 Å². The van der Waals surface area contributed by atoms with Gasteiger partial charge in [0, 0.05) is 10.6 Å². The molecule has 2 aromatic carbocycles. The highest BCUT2D eigenvalue weighted by Gasteiger charge is 2.21. The van der Waals surface area contributed by atoms with Crippen molar-refractivity contribution < 1.29 is 9.59 Å². The molecule has 0 bridgehead atoms. The lowest BCUT2D eigenvalue weighted by Crippen LogP contribution is -2.39. The van der Waals surface area contributed by atoms with Crippen LogP contribution in [-0.4, -0.2) is 24.1 Å². The number of nitrogens with one attached hydrogen (secondary N) is 2. The third-order valence-corrected chi connectivity index (χ3v) is 5.07. The van der Waals surface area contributed by atoms with Gasteiger partial charge in [-0.15, -0.1) is 11.8 Å². The summed E-state index contributed by atoms with van der Waals surface area (Å²) in [6, 6.07) is 17.7. The predicted octanol–water partition coefficient (Wildman–Crippen LogP) is 2.70. The molecule has 0 spiro atoms. The average molecular weight is 340 g/mol. The first-order valence-corrected chi connectivity index (χ1v) is 9.02. The SMILES string of the molecule is O=C(Cc1ccccc1)NCC(=O)N[C@H]1CCSc2ccccc21. The van der Waals surface area contributed by atoms with Crippen LogP contribution in [0.5, 0.6) is 0 Å². The lowest BCUT2D eigenvalue weighted by atomic mass is 10.0. The van der Waals surface area contributed by atoms with E-state index in [1.54, 1.807) is 0 Å². The number of hydrogen-bond donors (Lipinski definition) is 2. The van der Waals surface area contributed by atoms with Gasteiger partial charge in [-0.1, -0.05) is 48.5 Å². The zero-order valence-electron chi connectivity index (χ0n) is 13.3. The minimum Gasteiger partial charge on any atom is -0.348 e. The first kappa shape index (κ1) is 16.6. The fraction of sp³-hybridized carbons (Fsp3) is 0.263. The second-order valence-corrected chi connectivity index (χ2v) is 6.87. The van der Waals surface area contributed by atoms with Crippen LogP contribution in [-0.2, 0) is 16.0 Å². The molecule has 1 aliphatic heterocycles. The van der Waals surface area contributed by atoms with Crippen molar-refractivity contribution in [1.29, 1.82) is 0 Å². The molecule has 1 heterocycles. The number of amides is 2. The summed E-state index contributed by atoms with van der Waals surface area (Å²) >= 11 is 1.82. The molecule has 5 heteroatoms. The van der Waals surface area contributed by atoms with Crippen LogP contribution in [0.4, 0.5) is 0 Å². The quantitative estimate of drug-likeness (QED) is 0.880. The van der Waals surface area contributed by atoms with Gasteiger partial charge in [-0.3, -0.25) is 9.59 Å². The maximum Gasteiger partial charge on any atom is 0.239 e. The maximum absolute atomic E-state index is 12.1. The fourth-order valence-corrected chi connectivity index (χ4v) is 3.89. The molecule has 0 radical (unpaired) electrons. The van der Waals surface area contributed by atoms with Gasteiger partial charge in [0.1, 0.15) is 0 Å². The van der Waals surface area contributed by atoms with Crippen molar-refractivity contribution in [3.8, 4) is 0 Å². The van der Waals surface area contributed by atoms with Crippen LogP contribution in [0.25, 0.3) is 0 Å². The van der Waals surface area contributed by atoms with Gasteiger partial charge in [0.15, 0.2) is 0 Å². The van der Waals surface area contributed by atoms with E-state index >= 15 is 0 Å².